The number of piperidine rings is 1. The van der Waals surface area contributed by atoms with Crippen molar-refractivity contribution in [1.82, 2.24) is 25.3 Å². The zero-order valence-electron chi connectivity index (χ0n) is 14.9. The molecule has 0 unspecified atom stereocenters. The Balaban J connectivity index is 1.38. The monoisotopic (exact) mass is 359 g/mol. The average molecular weight is 359 g/mol. The molecule has 0 saturated carbocycles. The summed E-state index contributed by atoms with van der Waals surface area (Å²) in [4.78, 5) is 26.4. The number of likely N-dealkylation sites (tertiary alicyclic amines) is 1. The quantitative estimate of drug-likeness (QED) is 0.819. The molecule has 3 amide bonds. The second-order valence-corrected chi connectivity index (χ2v) is 6.64. The smallest absolute Gasteiger partial charge is 0.317 e. The third kappa shape index (κ3) is 4.87. The van der Waals surface area contributed by atoms with Gasteiger partial charge in [-0.25, -0.2) is 4.79 Å². The Bertz CT molecular complexity index is 690. The third-order valence-electron chi connectivity index (χ3n) is 4.56. The van der Waals surface area contributed by atoms with Crippen LogP contribution in [0, 0.1) is 5.92 Å². The Morgan fingerprint density at radius 2 is 2.15 bits per heavy atom. The fourth-order valence-corrected chi connectivity index (χ4v) is 3.11. The van der Waals surface area contributed by atoms with Crippen molar-refractivity contribution in [1.29, 1.82) is 0 Å². The Hall–Kier alpha value is -2.77. The predicted molar refractivity (Wildman–Crippen MR) is 95.1 cm³/mol. The highest BCUT2D eigenvalue weighted by Crippen LogP contribution is 2.17. The first kappa shape index (κ1) is 18.0. The van der Waals surface area contributed by atoms with Gasteiger partial charge in [0.25, 0.3) is 0 Å². The molecule has 1 atom stereocenters. The van der Waals surface area contributed by atoms with E-state index in [2.05, 4.69) is 15.7 Å². The van der Waals surface area contributed by atoms with Crippen LogP contribution in [0.1, 0.15) is 25.5 Å². The minimum atomic E-state index is -0.0842. The minimum absolute atomic E-state index is 0.0169. The highest BCUT2D eigenvalue weighted by molar-refractivity contribution is 5.79. The van der Waals surface area contributed by atoms with Gasteiger partial charge < -0.3 is 20.0 Å². The summed E-state index contributed by atoms with van der Waals surface area (Å²) >= 11 is 0. The molecule has 1 aliphatic heterocycles. The van der Waals surface area contributed by atoms with Crippen LogP contribution in [0.15, 0.2) is 41.3 Å². The zero-order chi connectivity index (χ0) is 18.4. The van der Waals surface area contributed by atoms with Gasteiger partial charge >= 0.3 is 6.03 Å². The van der Waals surface area contributed by atoms with Gasteiger partial charge in [-0.1, -0.05) is 0 Å². The molecular formula is C18H25N5O3. The molecule has 2 N–H and O–H groups in total. The molecule has 2 aromatic heterocycles. The average Bonchev–Trinajstić information content (AvgIpc) is 3.33. The summed E-state index contributed by atoms with van der Waals surface area (Å²) in [6.45, 7) is 4.15. The summed E-state index contributed by atoms with van der Waals surface area (Å²) in [6, 6.07) is 5.38. The highest BCUT2D eigenvalue weighted by Gasteiger charge is 2.27. The van der Waals surface area contributed by atoms with Crippen LogP contribution in [0.25, 0.3) is 0 Å². The Kier molecular flexibility index (Phi) is 5.93. The number of hydrogen-bond donors (Lipinski definition) is 2. The molecule has 0 aliphatic carbocycles. The zero-order valence-corrected chi connectivity index (χ0v) is 14.9. The Labute approximate surface area is 152 Å². The van der Waals surface area contributed by atoms with Gasteiger partial charge in [0.2, 0.25) is 5.91 Å². The fraction of sp³-hybridized carbons (Fsp3) is 0.500. The van der Waals surface area contributed by atoms with Crippen LogP contribution in [0.2, 0.25) is 0 Å². The first-order valence-electron chi connectivity index (χ1n) is 8.95. The van der Waals surface area contributed by atoms with Crippen LogP contribution in [0.4, 0.5) is 4.79 Å². The number of aromatic nitrogens is 2. The molecule has 140 valence electrons. The van der Waals surface area contributed by atoms with E-state index in [9.17, 15) is 9.59 Å². The van der Waals surface area contributed by atoms with E-state index in [1.165, 1.54) is 0 Å². The number of furan rings is 1. The second kappa shape index (κ2) is 8.55. The van der Waals surface area contributed by atoms with Gasteiger partial charge in [-0.05, 0) is 38.0 Å². The lowest BCUT2D eigenvalue weighted by molar-refractivity contribution is -0.126. The molecule has 3 heterocycles. The molecule has 8 nitrogen and oxygen atoms in total. The van der Waals surface area contributed by atoms with Crippen molar-refractivity contribution in [2.24, 2.45) is 5.92 Å². The van der Waals surface area contributed by atoms with Crippen molar-refractivity contribution in [2.75, 3.05) is 13.1 Å². The van der Waals surface area contributed by atoms with E-state index in [-0.39, 0.29) is 23.9 Å². The maximum absolute atomic E-state index is 12.4. The molecule has 3 rings (SSSR count). The molecule has 1 fully saturated rings. The van der Waals surface area contributed by atoms with Crippen molar-refractivity contribution in [3.8, 4) is 0 Å². The minimum Gasteiger partial charge on any atom is -0.467 e. The van der Waals surface area contributed by atoms with Gasteiger partial charge in [0.05, 0.1) is 19.4 Å². The van der Waals surface area contributed by atoms with Crippen LogP contribution < -0.4 is 10.6 Å². The van der Waals surface area contributed by atoms with Crippen LogP contribution >= 0.6 is 0 Å². The standard InChI is InChI=1S/C18H25N5O3/c1-14(13-23-8-3-7-20-23)21-18(25)22-9-5-15(6-10-22)17(24)19-12-16-4-2-11-26-16/h2-4,7-8,11,14-15H,5-6,9-10,12-13H2,1H3,(H,19,24)(H,21,25)/t14-/m0/s1. The molecule has 0 bridgehead atoms. The third-order valence-corrected chi connectivity index (χ3v) is 4.56. The SMILES string of the molecule is C[C@@H](Cn1cccn1)NC(=O)N1CCC(C(=O)NCc2ccco2)CC1. The van der Waals surface area contributed by atoms with Gasteiger partial charge in [-0.2, -0.15) is 5.10 Å². The van der Waals surface area contributed by atoms with E-state index in [1.807, 2.05) is 25.3 Å². The molecular weight excluding hydrogens is 334 g/mol. The number of hydrogen-bond acceptors (Lipinski definition) is 4. The molecule has 0 spiro atoms. The first-order chi connectivity index (χ1) is 12.6. The van der Waals surface area contributed by atoms with Crippen molar-refractivity contribution < 1.29 is 14.0 Å². The number of rotatable bonds is 6. The summed E-state index contributed by atoms with van der Waals surface area (Å²) < 4.78 is 7.00. The number of carbonyl (C=O) groups excluding carboxylic acids is 2. The van der Waals surface area contributed by atoms with E-state index >= 15 is 0 Å². The molecule has 2 aromatic rings. The van der Waals surface area contributed by atoms with E-state index < -0.39 is 0 Å². The second-order valence-electron chi connectivity index (χ2n) is 6.64. The Morgan fingerprint density at radius 3 is 2.81 bits per heavy atom. The van der Waals surface area contributed by atoms with Gasteiger partial charge in [0, 0.05) is 37.4 Å². The predicted octanol–water partition coefficient (Wildman–Crippen LogP) is 1.60. The lowest BCUT2D eigenvalue weighted by Gasteiger charge is -2.32. The highest BCUT2D eigenvalue weighted by atomic mass is 16.3. The molecule has 1 aliphatic rings. The lowest BCUT2D eigenvalue weighted by Crippen LogP contribution is -2.49. The van der Waals surface area contributed by atoms with E-state index in [0.29, 0.717) is 39.0 Å². The summed E-state index contributed by atoms with van der Waals surface area (Å²) in [7, 11) is 0. The number of carbonyl (C=O) groups is 2. The van der Waals surface area contributed by atoms with E-state index in [0.717, 1.165) is 5.76 Å². The molecule has 0 aromatic carbocycles. The van der Waals surface area contributed by atoms with Gasteiger partial charge in [-0.3, -0.25) is 9.48 Å². The first-order valence-corrected chi connectivity index (χ1v) is 8.95. The fourth-order valence-electron chi connectivity index (χ4n) is 3.11. The number of urea groups is 1. The van der Waals surface area contributed by atoms with Crippen LogP contribution in [0.3, 0.4) is 0 Å². The normalized spacial score (nSPS) is 16.3. The van der Waals surface area contributed by atoms with Gasteiger partial charge in [0.1, 0.15) is 5.76 Å². The van der Waals surface area contributed by atoms with Crippen LogP contribution in [-0.2, 0) is 17.9 Å². The lowest BCUT2D eigenvalue weighted by atomic mass is 9.96. The van der Waals surface area contributed by atoms with E-state index in [4.69, 9.17) is 4.42 Å². The Morgan fingerprint density at radius 1 is 1.35 bits per heavy atom. The molecule has 8 heteroatoms. The van der Waals surface area contributed by atoms with Gasteiger partial charge in [0.15, 0.2) is 0 Å². The van der Waals surface area contributed by atoms with Crippen LogP contribution in [-0.4, -0.2) is 45.8 Å². The van der Waals surface area contributed by atoms with Crippen LogP contribution in [0.5, 0.6) is 0 Å². The van der Waals surface area contributed by atoms with Crippen molar-refractivity contribution in [3.63, 3.8) is 0 Å². The van der Waals surface area contributed by atoms with Crippen molar-refractivity contribution in [2.45, 2.75) is 38.9 Å². The van der Waals surface area contributed by atoms with E-state index in [1.54, 1.807) is 28.1 Å². The number of amides is 3. The maximum Gasteiger partial charge on any atom is 0.317 e. The summed E-state index contributed by atoms with van der Waals surface area (Å²) in [5, 5.41) is 10.0. The maximum atomic E-state index is 12.4. The molecule has 26 heavy (non-hydrogen) atoms. The molecule has 1 saturated heterocycles. The number of nitrogens with one attached hydrogen (secondary N) is 2. The number of nitrogens with zero attached hydrogens (tertiary/aromatic N) is 3. The summed E-state index contributed by atoms with van der Waals surface area (Å²) in [5.41, 5.74) is 0. The largest absolute Gasteiger partial charge is 0.467 e. The van der Waals surface area contributed by atoms with Gasteiger partial charge in [-0.15, -0.1) is 0 Å². The van der Waals surface area contributed by atoms with Crippen molar-refractivity contribution in [3.05, 3.63) is 42.6 Å². The van der Waals surface area contributed by atoms with Crippen molar-refractivity contribution >= 4 is 11.9 Å². The molecule has 0 radical (unpaired) electrons. The summed E-state index contributed by atoms with van der Waals surface area (Å²) in [6.07, 6.45) is 6.52. The summed E-state index contributed by atoms with van der Waals surface area (Å²) in [5.74, 6) is 0.699. The topological polar surface area (TPSA) is 92.4 Å².